The van der Waals surface area contributed by atoms with Crippen LogP contribution in [0.2, 0.25) is 6.32 Å². The van der Waals surface area contributed by atoms with Crippen molar-refractivity contribution < 1.29 is 0 Å². The zero-order valence-electron chi connectivity index (χ0n) is 11.3. The molecule has 0 saturated heterocycles. The Morgan fingerprint density at radius 3 is 1.75 bits per heavy atom. The molecule has 0 fully saturated rings. The molecule has 1 aromatic heterocycles. The van der Waals surface area contributed by atoms with Crippen LogP contribution in [0.5, 0.6) is 0 Å². The van der Waals surface area contributed by atoms with Gasteiger partial charge in [0.25, 0.3) is 0 Å². The third kappa shape index (κ3) is 4.13. The molecule has 0 amide bonds. The summed E-state index contributed by atoms with van der Waals surface area (Å²) in [6.45, 7) is 0. The maximum Gasteiger partial charge on any atom is 0.0919 e. The molecule has 0 spiro atoms. The zero-order chi connectivity index (χ0) is 14.0. The molecule has 98 valence electrons. The van der Waals surface area contributed by atoms with Crippen LogP contribution in [0.3, 0.4) is 0 Å². The predicted molar refractivity (Wildman–Crippen MR) is 83.9 cm³/mol. The van der Waals surface area contributed by atoms with Crippen LogP contribution in [0.4, 0.5) is 0 Å². The normalized spacial score (nSPS) is 9.85. The predicted octanol–water partition coefficient (Wildman–Crippen LogP) is 3.82. The smallest absolute Gasteiger partial charge is 0.0919 e. The zero-order valence-corrected chi connectivity index (χ0v) is 11.3. The molecule has 2 nitrogen and oxygen atoms in total. The number of hydrogen-bond donors (Lipinski definition) is 1. The van der Waals surface area contributed by atoms with Gasteiger partial charge in [0, 0.05) is 18.3 Å². The van der Waals surface area contributed by atoms with E-state index in [1.807, 2.05) is 12.1 Å². The number of nitrogens with one attached hydrogen (secondary N) is 1. The lowest BCUT2D eigenvalue weighted by atomic mass is 9.81. The van der Waals surface area contributed by atoms with Crippen molar-refractivity contribution in [3.05, 3.63) is 90.5 Å². The largest absolute Gasteiger partial charge is 0.351 e. The number of imidazole rings is 1. The standard InChI is InChI=1S/C14H13B.C3H4N2/c15-11-14(12-7-3-1-4-8-12)13-9-5-2-6-10-13;1-2-5-3-4-1/h1-10,14H,11H2;1-3H,(H,4,5). The summed E-state index contributed by atoms with van der Waals surface area (Å²) in [5.74, 6) is 0.312. The number of nitrogens with zero attached hydrogens (tertiary/aromatic N) is 1. The van der Waals surface area contributed by atoms with Crippen LogP contribution in [0, 0.1) is 0 Å². The molecule has 20 heavy (non-hydrogen) atoms. The van der Waals surface area contributed by atoms with Crippen LogP contribution < -0.4 is 0 Å². The van der Waals surface area contributed by atoms with Crippen molar-refractivity contribution in [2.45, 2.75) is 12.2 Å². The Kier molecular flexibility index (Phi) is 5.65. The number of benzene rings is 2. The Hall–Kier alpha value is -2.29. The van der Waals surface area contributed by atoms with E-state index in [2.05, 4.69) is 58.5 Å². The summed E-state index contributed by atoms with van der Waals surface area (Å²) >= 11 is 0. The Bertz CT molecular complexity index is 508. The highest BCUT2D eigenvalue weighted by atomic mass is 14.8. The van der Waals surface area contributed by atoms with Gasteiger partial charge in [-0.3, -0.25) is 0 Å². The molecule has 0 unspecified atom stereocenters. The van der Waals surface area contributed by atoms with Crippen molar-refractivity contribution in [3.63, 3.8) is 0 Å². The van der Waals surface area contributed by atoms with Crippen molar-refractivity contribution in [2.75, 3.05) is 0 Å². The van der Waals surface area contributed by atoms with Crippen molar-refractivity contribution in [1.29, 1.82) is 0 Å². The van der Waals surface area contributed by atoms with Crippen molar-refractivity contribution in [2.24, 2.45) is 0 Å². The van der Waals surface area contributed by atoms with E-state index in [-0.39, 0.29) is 0 Å². The molecule has 1 N–H and O–H groups in total. The SMILES string of the molecule is [B]CC(c1ccccc1)c1ccccc1.c1c[nH]cn1. The summed E-state index contributed by atoms with van der Waals surface area (Å²) in [7, 11) is 5.84. The van der Waals surface area contributed by atoms with Gasteiger partial charge >= 0.3 is 0 Å². The first kappa shape index (κ1) is 14.1. The summed E-state index contributed by atoms with van der Waals surface area (Å²) < 4.78 is 0. The van der Waals surface area contributed by atoms with Gasteiger partial charge in [0.2, 0.25) is 0 Å². The van der Waals surface area contributed by atoms with E-state index >= 15 is 0 Å². The van der Waals surface area contributed by atoms with Crippen LogP contribution in [-0.4, -0.2) is 17.8 Å². The molecule has 0 aliphatic rings. The van der Waals surface area contributed by atoms with Gasteiger partial charge in [-0.1, -0.05) is 67.0 Å². The van der Waals surface area contributed by atoms with Crippen LogP contribution in [0.15, 0.2) is 79.4 Å². The highest BCUT2D eigenvalue weighted by molar-refractivity contribution is 6.09. The average molecular weight is 260 g/mol. The third-order valence-corrected chi connectivity index (χ3v) is 3.05. The average Bonchev–Trinajstić information content (AvgIpc) is 3.10. The minimum Gasteiger partial charge on any atom is -0.351 e. The van der Waals surface area contributed by atoms with Gasteiger partial charge in [0.05, 0.1) is 14.2 Å². The first-order valence-corrected chi connectivity index (χ1v) is 6.64. The lowest BCUT2D eigenvalue weighted by molar-refractivity contribution is 0.919. The molecule has 0 saturated carbocycles. The Morgan fingerprint density at radius 1 is 0.900 bits per heavy atom. The van der Waals surface area contributed by atoms with Crippen LogP contribution in [0.25, 0.3) is 0 Å². The van der Waals surface area contributed by atoms with E-state index in [0.717, 1.165) is 0 Å². The maximum atomic E-state index is 5.84. The maximum absolute atomic E-state index is 5.84. The second-order valence-electron chi connectivity index (χ2n) is 4.37. The highest BCUT2D eigenvalue weighted by Gasteiger charge is 2.09. The summed E-state index contributed by atoms with van der Waals surface area (Å²) in [5, 5.41) is 0. The van der Waals surface area contributed by atoms with Crippen LogP contribution >= 0.6 is 0 Å². The molecule has 3 aromatic rings. The molecule has 3 heteroatoms. The second kappa shape index (κ2) is 8.00. The van der Waals surface area contributed by atoms with E-state index in [1.54, 1.807) is 18.7 Å². The van der Waals surface area contributed by atoms with Crippen molar-refractivity contribution in [1.82, 2.24) is 9.97 Å². The summed E-state index contributed by atoms with van der Waals surface area (Å²) in [5.41, 5.74) is 2.57. The van der Waals surface area contributed by atoms with E-state index in [4.69, 9.17) is 7.85 Å². The lowest BCUT2D eigenvalue weighted by Crippen LogP contribution is -1.99. The summed E-state index contributed by atoms with van der Waals surface area (Å²) in [6, 6.07) is 20.8. The fourth-order valence-electron chi connectivity index (χ4n) is 2.05. The molecule has 1 heterocycles. The fourth-order valence-corrected chi connectivity index (χ4v) is 2.05. The van der Waals surface area contributed by atoms with Gasteiger partial charge in [-0.15, -0.1) is 0 Å². The lowest BCUT2D eigenvalue weighted by Gasteiger charge is -2.15. The molecule has 0 aliphatic carbocycles. The number of aromatic amines is 1. The van der Waals surface area contributed by atoms with Gasteiger partial charge in [-0.25, -0.2) is 4.98 Å². The fraction of sp³-hybridized carbons (Fsp3) is 0.118. The van der Waals surface area contributed by atoms with E-state index in [9.17, 15) is 0 Å². The Morgan fingerprint density at radius 2 is 1.45 bits per heavy atom. The topological polar surface area (TPSA) is 28.7 Å². The molecule has 2 aromatic carbocycles. The Balaban J connectivity index is 0.000000247. The van der Waals surface area contributed by atoms with Crippen LogP contribution in [-0.2, 0) is 0 Å². The summed E-state index contributed by atoms with van der Waals surface area (Å²) in [4.78, 5) is 6.42. The Labute approximate surface area is 121 Å². The van der Waals surface area contributed by atoms with Crippen molar-refractivity contribution >= 4 is 7.85 Å². The van der Waals surface area contributed by atoms with E-state index in [1.165, 1.54) is 11.1 Å². The van der Waals surface area contributed by atoms with Gasteiger partial charge in [-0.05, 0) is 11.1 Å². The molecule has 0 atom stereocenters. The van der Waals surface area contributed by atoms with Gasteiger partial charge in [0.1, 0.15) is 0 Å². The molecule has 0 aliphatic heterocycles. The number of H-pyrrole nitrogens is 1. The minimum absolute atomic E-state index is 0.312. The molecule has 0 bridgehead atoms. The third-order valence-electron chi connectivity index (χ3n) is 3.05. The quantitative estimate of drug-likeness (QED) is 0.712. The second-order valence-corrected chi connectivity index (χ2v) is 4.37. The molecular weight excluding hydrogens is 243 g/mol. The van der Waals surface area contributed by atoms with Gasteiger partial charge in [0.15, 0.2) is 0 Å². The number of hydrogen-bond acceptors (Lipinski definition) is 1. The highest BCUT2D eigenvalue weighted by Crippen LogP contribution is 2.26. The van der Waals surface area contributed by atoms with Gasteiger partial charge < -0.3 is 4.98 Å². The monoisotopic (exact) mass is 260 g/mol. The number of aromatic nitrogens is 2. The number of rotatable bonds is 3. The molecule has 3 rings (SSSR count). The van der Waals surface area contributed by atoms with E-state index < -0.39 is 0 Å². The van der Waals surface area contributed by atoms with Gasteiger partial charge in [-0.2, -0.15) is 0 Å². The van der Waals surface area contributed by atoms with E-state index in [0.29, 0.717) is 12.2 Å². The first-order valence-electron chi connectivity index (χ1n) is 6.64. The molecular formula is C17H17BN2. The summed E-state index contributed by atoms with van der Waals surface area (Å²) in [6.07, 6.45) is 5.73. The first-order chi connectivity index (χ1) is 9.92. The van der Waals surface area contributed by atoms with Crippen molar-refractivity contribution in [3.8, 4) is 0 Å². The molecule has 2 radical (unpaired) electrons. The van der Waals surface area contributed by atoms with Crippen LogP contribution in [0.1, 0.15) is 17.0 Å². The minimum atomic E-state index is 0.312.